The highest BCUT2D eigenvalue weighted by atomic mass is 32.2. The number of carbonyl (C=O) groups excluding carboxylic acids is 3. The van der Waals surface area contributed by atoms with E-state index in [1.165, 1.54) is 6.92 Å². The van der Waals surface area contributed by atoms with Crippen molar-refractivity contribution in [3.8, 4) is 5.75 Å². The number of phosphoric acid groups is 1. The molecular formula is C39H62N3O7PS. The molecular weight excluding hydrogens is 685 g/mol. The number of amides is 3. The van der Waals surface area contributed by atoms with Gasteiger partial charge < -0.3 is 20.1 Å². The summed E-state index contributed by atoms with van der Waals surface area (Å²) in [5, 5.41) is 5.79. The molecule has 0 saturated carbocycles. The molecule has 2 rings (SSSR count). The lowest BCUT2D eigenvalue weighted by molar-refractivity contribution is -0.136. The lowest BCUT2D eigenvalue weighted by atomic mass is 10.0. The minimum absolute atomic E-state index is 0.0985. The normalized spacial score (nSPS) is 13.3. The van der Waals surface area contributed by atoms with Crippen molar-refractivity contribution in [2.75, 3.05) is 18.8 Å². The predicted molar refractivity (Wildman–Crippen MR) is 208 cm³/mol. The topological polar surface area (TPSA) is 123 Å². The van der Waals surface area contributed by atoms with E-state index in [4.69, 9.17) is 13.6 Å². The predicted octanol–water partition coefficient (Wildman–Crippen LogP) is 8.48. The van der Waals surface area contributed by atoms with E-state index in [-0.39, 0.29) is 24.0 Å². The van der Waals surface area contributed by atoms with Gasteiger partial charge in [-0.1, -0.05) is 82.0 Å². The zero-order valence-corrected chi connectivity index (χ0v) is 34.0. The maximum Gasteiger partial charge on any atom is 0.531 e. The van der Waals surface area contributed by atoms with Crippen molar-refractivity contribution in [1.29, 1.82) is 0 Å². The van der Waals surface area contributed by atoms with E-state index in [1.807, 2.05) is 35.2 Å². The third-order valence-corrected chi connectivity index (χ3v) is 10.5. The van der Waals surface area contributed by atoms with E-state index in [0.717, 1.165) is 49.7 Å². The van der Waals surface area contributed by atoms with Crippen LogP contribution in [-0.4, -0.2) is 64.7 Å². The van der Waals surface area contributed by atoms with Crippen LogP contribution >= 0.6 is 19.6 Å². The minimum atomic E-state index is -4.00. The second-order valence-electron chi connectivity index (χ2n) is 14.8. The zero-order valence-electron chi connectivity index (χ0n) is 32.3. The summed E-state index contributed by atoms with van der Waals surface area (Å²) in [4.78, 5) is 42.2. The third-order valence-electron chi connectivity index (χ3n) is 7.43. The van der Waals surface area contributed by atoms with Gasteiger partial charge in [0.05, 0.1) is 11.2 Å². The van der Waals surface area contributed by atoms with E-state index in [1.54, 1.807) is 77.6 Å². The fourth-order valence-corrected chi connectivity index (χ4v) is 8.05. The standard InChI is InChI=1S/C39H62N3O7PS/c1-10-12-17-25-42(26-18-13-11-2)37(45)35(29-51-28-32-19-15-14-16-20-32)41-36(44)34(40-30(3)43)27-31-21-23-33(24-22-31)47-50(46,48-38(4,5)6)49-39(7,8)9/h14-16,19-24,34-35H,10-13,17-18,25-29H2,1-9H3,(H,40,43)(H,41,44)/t34-,35-/m0/s1. The van der Waals surface area contributed by atoms with Crippen LogP contribution in [0.4, 0.5) is 0 Å². The molecule has 2 atom stereocenters. The van der Waals surface area contributed by atoms with Gasteiger partial charge in [0.1, 0.15) is 17.8 Å². The van der Waals surface area contributed by atoms with Crippen LogP contribution in [-0.2, 0) is 40.2 Å². The third kappa shape index (κ3) is 18.5. The van der Waals surface area contributed by atoms with Crippen molar-refractivity contribution in [1.82, 2.24) is 15.5 Å². The molecule has 2 aromatic rings. The highest BCUT2D eigenvalue weighted by Crippen LogP contribution is 2.55. The first-order valence-corrected chi connectivity index (χ1v) is 20.8. The molecule has 286 valence electrons. The largest absolute Gasteiger partial charge is 0.531 e. The van der Waals surface area contributed by atoms with Crippen molar-refractivity contribution in [2.45, 2.75) is 136 Å². The molecule has 0 spiro atoms. The van der Waals surface area contributed by atoms with E-state index < -0.39 is 37.0 Å². The summed E-state index contributed by atoms with van der Waals surface area (Å²) < 4.78 is 30.8. The van der Waals surface area contributed by atoms with Gasteiger partial charge in [-0.25, -0.2) is 4.57 Å². The van der Waals surface area contributed by atoms with Crippen LogP contribution < -0.4 is 15.2 Å². The first-order chi connectivity index (χ1) is 23.9. The molecule has 0 bridgehead atoms. The van der Waals surface area contributed by atoms with E-state index in [2.05, 4.69) is 24.5 Å². The molecule has 0 aromatic heterocycles. The maximum atomic E-state index is 14.1. The summed E-state index contributed by atoms with van der Waals surface area (Å²) in [7, 11) is -4.00. The number of phosphoric ester groups is 1. The van der Waals surface area contributed by atoms with Crippen LogP contribution in [0.3, 0.4) is 0 Å². The van der Waals surface area contributed by atoms with Crippen LogP contribution in [0, 0.1) is 0 Å². The Morgan fingerprint density at radius 1 is 0.765 bits per heavy atom. The molecule has 0 heterocycles. The summed E-state index contributed by atoms with van der Waals surface area (Å²) >= 11 is 1.59. The Morgan fingerprint density at radius 2 is 1.31 bits per heavy atom. The van der Waals surface area contributed by atoms with Crippen LogP contribution in [0.25, 0.3) is 0 Å². The molecule has 0 unspecified atom stereocenters. The fourth-order valence-electron chi connectivity index (χ4n) is 5.21. The number of thioether (sulfide) groups is 1. The number of benzene rings is 2. The lowest BCUT2D eigenvalue weighted by Gasteiger charge is -2.30. The lowest BCUT2D eigenvalue weighted by Crippen LogP contribution is -2.56. The molecule has 0 aliphatic carbocycles. The first kappa shape index (κ1) is 44.3. The summed E-state index contributed by atoms with van der Waals surface area (Å²) in [6.45, 7) is 17.5. The Hall–Kier alpha value is -2.85. The van der Waals surface area contributed by atoms with Gasteiger partial charge in [0.15, 0.2) is 0 Å². The average Bonchev–Trinajstić information content (AvgIpc) is 3.02. The van der Waals surface area contributed by atoms with Gasteiger partial charge in [0, 0.05) is 37.9 Å². The second kappa shape index (κ2) is 21.6. The molecule has 2 N–H and O–H groups in total. The number of hydrogen-bond donors (Lipinski definition) is 2. The van der Waals surface area contributed by atoms with Crippen molar-refractivity contribution in [2.24, 2.45) is 0 Å². The Balaban J connectivity index is 2.28. The Bertz CT molecular complexity index is 1360. The zero-order chi connectivity index (χ0) is 38.1. The number of nitrogens with zero attached hydrogens (tertiary/aromatic N) is 1. The second-order valence-corrected chi connectivity index (χ2v) is 17.3. The highest BCUT2D eigenvalue weighted by molar-refractivity contribution is 7.98. The highest BCUT2D eigenvalue weighted by Gasteiger charge is 2.38. The molecule has 10 nitrogen and oxygen atoms in total. The molecule has 0 fully saturated rings. The van der Waals surface area contributed by atoms with Gasteiger partial charge >= 0.3 is 7.82 Å². The van der Waals surface area contributed by atoms with Crippen LogP contribution in [0.2, 0.25) is 0 Å². The van der Waals surface area contributed by atoms with Crippen molar-refractivity contribution in [3.63, 3.8) is 0 Å². The summed E-state index contributed by atoms with van der Waals surface area (Å²) in [5.41, 5.74) is 0.279. The SMILES string of the molecule is CCCCCN(CCCCC)C(=O)[C@H](CSCc1ccccc1)NC(=O)[C@H](Cc1ccc(OP(=O)(OC(C)(C)C)OC(C)(C)C)cc1)NC(C)=O. The Morgan fingerprint density at radius 3 is 1.80 bits per heavy atom. The van der Waals surface area contributed by atoms with Crippen LogP contribution in [0.15, 0.2) is 54.6 Å². The summed E-state index contributed by atoms with van der Waals surface area (Å²) in [6.07, 6.45) is 6.11. The number of unbranched alkanes of at least 4 members (excludes halogenated alkanes) is 4. The van der Waals surface area contributed by atoms with Crippen molar-refractivity contribution in [3.05, 3.63) is 65.7 Å². The molecule has 51 heavy (non-hydrogen) atoms. The number of hydrogen-bond acceptors (Lipinski definition) is 8. The van der Waals surface area contributed by atoms with Crippen LogP contribution in [0.1, 0.15) is 112 Å². The number of carbonyl (C=O) groups is 3. The maximum absolute atomic E-state index is 14.1. The van der Waals surface area contributed by atoms with Gasteiger partial charge in [-0.2, -0.15) is 11.8 Å². The smallest absolute Gasteiger partial charge is 0.404 e. The molecule has 0 aliphatic rings. The van der Waals surface area contributed by atoms with Gasteiger partial charge in [0.2, 0.25) is 17.7 Å². The Labute approximate surface area is 311 Å². The molecule has 0 aliphatic heterocycles. The summed E-state index contributed by atoms with van der Waals surface area (Å²) in [6, 6.07) is 15.0. The molecule has 3 amide bonds. The average molecular weight is 748 g/mol. The van der Waals surface area contributed by atoms with Crippen molar-refractivity contribution >= 4 is 37.3 Å². The summed E-state index contributed by atoms with van der Waals surface area (Å²) in [5.74, 6) is 0.459. The molecule has 0 radical (unpaired) electrons. The quantitative estimate of drug-likeness (QED) is 0.0909. The fraction of sp³-hybridized carbons (Fsp3) is 0.615. The van der Waals surface area contributed by atoms with Gasteiger partial charge in [-0.05, 0) is 77.6 Å². The molecule has 2 aromatic carbocycles. The van der Waals surface area contributed by atoms with Gasteiger partial charge in [0.25, 0.3) is 0 Å². The van der Waals surface area contributed by atoms with E-state index >= 15 is 0 Å². The van der Waals surface area contributed by atoms with E-state index in [0.29, 0.717) is 24.6 Å². The number of nitrogens with one attached hydrogen (secondary N) is 2. The minimum Gasteiger partial charge on any atom is -0.404 e. The number of rotatable bonds is 22. The van der Waals surface area contributed by atoms with Gasteiger partial charge in [-0.15, -0.1) is 0 Å². The first-order valence-electron chi connectivity index (χ1n) is 18.2. The van der Waals surface area contributed by atoms with Gasteiger partial charge in [-0.3, -0.25) is 23.4 Å². The van der Waals surface area contributed by atoms with Crippen molar-refractivity contribution < 1.29 is 32.5 Å². The monoisotopic (exact) mass is 747 g/mol. The molecule has 12 heteroatoms. The Kier molecular flexibility index (Phi) is 18.8. The van der Waals surface area contributed by atoms with Crippen LogP contribution in [0.5, 0.6) is 5.75 Å². The molecule has 0 saturated heterocycles. The van der Waals surface area contributed by atoms with E-state index in [9.17, 15) is 18.9 Å².